The molecule has 1 aromatic rings. The molecule has 0 radical (unpaired) electrons. The molecule has 1 saturated heterocycles. The smallest absolute Gasteiger partial charge is 0.407 e. The number of likely N-dealkylation sites (tertiary alicyclic amines) is 1. The molecule has 6 nitrogen and oxygen atoms in total. The number of carbonyl (C=O) groups excluding carboxylic acids is 1. The molecule has 2 rings (SSSR count). The van der Waals surface area contributed by atoms with Crippen LogP contribution in [-0.4, -0.2) is 45.2 Å². The first-order valence-electron chi connectivity index (χ1n) is 8.75. The molecular formula is C18H30N4O2. The average molecular weight is 334 g/mol. The Balaban J connectivity index is 1.99. The van der Waals surface area contributed by atoms with Crippen LogP contribution in [0.3, 0.4) is 0 Å². The predicted molar refractivity (Wildman–Crippen MR) is 93.5 cm³/mol. The van der Waals surface area contributed by atoms with Crippen LogP contribution in [0.5, 0.6) is 0 Å². The quantitative estimate of drug-likeness (QED) is 0.917. The number of carbonyl (C=O) groups is 1. The summed E-state index contributed by atoms with van der Waals surface area (Å²) >= 11 is 0. The number of hydrogen-bond acceptors (Lipinski definition) is 5. The molecule has 1 aromatic heterocycles. The molecule has 0 bridgehead atoms. The molecule has 0 aliphatic carbocycles. The first kappa shape index (κ1) is 18.6. The normalized spacial score (nSPS) is 25.3. The minimum atomic E-state index is -0.476. The van der Waals surface area contributed by atoms with Gasteiger partial charge in [-0.15, -0.1) is 0 Å². The number of amides is 1. The Labute approximate surface area is 145 Å². The standard InChI is InChI=1S/C18H30N4O2/c1-13-7-8-15(11-21-17(23)24-18(3,4)5)22(14(13)2)12-16-19-9-6-10-20-16/h6,9-10,13-15H,7-8,11-12H2,1-5H3,(H,21,23)/t13-,14-,15-/m1/s1. The van der Waals surface area contributed by atoms with Crippen LogP contribution >= 0.6 is 0 Å². The largest absolute Gasteiger partial charge is 0.444 e. The molecule has 3 atom stereocenters. The predicted octanol–water partition coefficient (Wildman–Crippen LogP) is 2.99. The van der Waals surface area contributed by atoms with Crippen molar-refractivity contribution >= 4 is 6.09 Å². The molecule has 1 aliphatic heterocycles. The zero-order valence-corrected chi connectivity index (χ0v) is 15.5. The highest BCUT2D eigenvalue weighted by atomic mass is 16.6. The Kier molecular flexibility index (Phi) is 6.15. The fourth-order valence-corrected chi connectivity index (χ4v) is 3.10. The van der Waals surface area contributed by atoms with E-state index in [1.165, 1.54) is 0 Å². The van der Waals surface area contributed by atoms with Crippen molar-refractivity contribution in [3.63, 3.8) is 0 Å². The van der Waals surface area contributed by atoms with Gasteiger partial charge in [-0.3, -0.25) is 4.90 Å². The number of nitrogens with zero attached hydrogens (tertiary/aromatic N) is 3. The van der Waals surface area contributed by atoms with Crippen molar-refractivity contribution in [3.05, 3.63) is 24.3 Å². The number of piperidine rings is 1. The molecular weight excluding hydrogens is 304 g/mol. The van der Waals surface area contributed by atoms with Crippen molar-refractivity contribution < 1.29 is 9.53 Å². The molecule has 0 saturated carbocycles. The van der Waals surface area contributed by atoms with E-state index in [1.54, 1.807) is 12.4 Å². The van der Waals surface area contributed by atoms with Crippen LogP contribution in [-0.2, 0) is 11.3 Å². The topological polar surface area (TPSA) is 67.3 Å². The Morgan fingerprint density at radius 3 is 2.58 bits per heavy atom. The lowest BCUT2D eigenvalue weighted by Gasteiger charge is -2.43. The lowest BCUT2D eigenvalue weighted by atomic mass is 9.87. The van der Waals surface area contributed by atoms with Crippen molar-refractivity contribution in [3.8, 4) is 0 Å². The Bertz CT molecular complexity index is 530. The van der Waals surface area contributed by atoms with E-state index in [2.05, 4.69) is 34.0 Å². The third-order valence-corrected chi connectivity index (χ3v) is 4.60. The minimum absolute atomic E-state index is 0.271. The summed E-state index contributed by atoms with van der Waals surface area (Å²) in [6.07, 6.45) is 5.40. The van der Waals surface area contributed by atoms with Crippen LogP contribution in [0.1, 0.15) is 53.3 Å². The second kappa shape index (κ2) is 7.92. The fourth-order valence-electron chi connectivity index (χ4n) is 3.10. The summed E-state index contributed by atoms with van der Waals surface area (Å²) in [6, 6.07) is 2.52. The van der Waals surface area contributed by atoms with E-state index in [4.69, 9.17) is 4.74 Å². The van der Waals surface area contributed by atoms with Gasteiger partial charge >= 0.3 is 6.09 Å². The number of hydrogen-bond donors (Lipinski definition) is 1. The number of nitrogens with one attached hydrogen (secondary N) is 1. The number of alkyl carbamates (subject to hydrolysis) is 1. The molecule has 0 unspecified atom stereocenters. The molecule has 0 aromatic carbocycles. The van der Waals surface area contributed by atoms with Crippen LogP contribution < -0.4 is 5.32 Å². The second-order valence-corrected chi connectivity index (χ2v) is 7.67. The maximum Gasteiger partial charge on any atom is 0.407 e. The van der Waals surface area contributed by atoms with Crippen molar-refractivity contribution in [2.75, 3.05) is 6.54 Å². The van der Waals surface area contributed by atoms with Crippen molar-refractivity contribution in [1.82, 2.24) is 20.2 Å². The van der Waals surface area contributed by atoms with Gasteiger partial charge in [-0.1, -0.05) is 6.92 Å². The molecule has 2 heterocycles. The van der Waals surface area contributed by atoms with E-state index in [-0.39, 0.29) is 12.1 Å². The summed E-state index contributed by atoms with van der Waals surface area (Å²) in [4.78, 5) is 23.0. The summed E-state index contributed by atoms with van der Waals surface area (Å²) in [6.45, 7) is 11.4. The zero-order valence-electron chi connectivity index (χ0n) is 15.5. The van der Waals surface area contributed by atoms with E-state index < -0.39 is 5.60 Å². The molecule has 24 heavy (non-hydrogen) atoms. The van der Waals surface area contributed by atoms with Gasteiger partial charge in [0.15, 0.2) is 0 Å². The fraction of sp³-hybridized carbons (Fsp3) is 0.722. The van der Waals surface area contributed by atoms with E-state index in [1.807, 2.05) is 26.8 Å². The van der Waals surface area contributed by atoms with Gasteiger partial charge in [-0.25, -0.2) is 14.8 Å². The first-order chi connectivity index (χ1) is 11.3. The third kappa shape index (κ3) is 5.44. The lowest BCUT2D eigenvalue weighted by Crippen LogP contribution is -2.53. The van der Waals surface area contributed by atoms with Crippen LogP contribution in [0.4, 0.5) is 4.79 Å². The van der Waals surface area contributed by atoms with Crippen LogP contribution in [0.2, 0.25) is 0 Å². The average Bonchev–Trinajstić information content (AvgIpc) is 2.50. The maximum atomic E-state index is 11.9. The molecule has 6 heteroatoms. The highest BCUT2D eigenvalue weighted by molar-refractivity contribution is 5.67. The summed E-state index contributed by atoms with van der Waals surface area (Å²) < 4.78 is 5.34. The van der Waals surface area contributed by atoms with Crippen LogP contribution in [0, 0.1) is 5.92 Å². The van der Waals surface area contributed by atoms with Crippen LogP contribution in [0.15, 0.2) is 18.5 Å². The molecule has 1 amide bonds. The van der Waals surface area contributed by atoms with Gasteiger partial charge in [-0.2, -0.15) is 0 Å². The van der Waals surface area contributed by atoms with E-state index >= 15 is 0 Å². The summed E-state index contributed by atoms with van der Waals surface area (Å²) in [5.41, 5.74) is -0.476. The summed E-state index contributed by atoms with van der Waals surface area (Å²) in [7, 11) is 0. The number of rotatable bonds is 4. The minimum Gasteiger partial charge on any atom is -0.444 e. The molecule has 134 valence electrons. The summed E-state index contributed by atoms with van der Waals surface area (Å²) in [5.74, 6) is 1.44. The number of aromatic nitrogens is 2. The van der Waals surface area contributed by atoms with E-state index in [9.17, 15) is 4.79 Å². The van der Waals surface area contributed by atoms with Crippen molar-refractivity contribution in [1.29, 1.82) is 0 Å². The van der Waals surface area contributed by atoms with E-state index in [0.717, 1.165) is 18.7 Å². The SMILES string of the molecule is C[C@@H]1CC[C@H](CNC(=O)OC(C)(C)C)N(Cc2ncccn2)[C@@H]1C. The first-order valence-corrected chi connectivity index (χ1v) is 8.75. The van der Waals surface area contributed by atoms with Gasteiger partial charge in [0.25, 0.3) is 0 Å². The maximum absolute atomic E-state index is 11.9. The lowest BCUT2D eigenvalue weighted by molar-refractivity contribution is 0.0334. The Hall–Kier alpha value is -1.69. The monoisotopic (exact) mass is 334 g/mol. The Morgan fingerprint density at radius 1 is 1.29 bits per heavy atom. The van der Waals surface area contributed by atoms with Crippen LogP contribution in [0.25, 0.3) is 0 Å². The molecule has 1 aliphatic rings. The van der Waals surface area contributed by atoms with Gasteiger partial charge in [-0.05, 0) is 52.5 Å². The molecule has 1 N–H and O–H groups in total. The van der Waals surface area contributed by atoms with Gasteiger partial charge in [0.2, 0.25) is 0 Å². The van der Waals surface area contributed by atoms with Gasteiger partial charge < -0.3 is 10.1 Å². The van der Waals surface area contributed by atoms with Gasteiger partial charge in [0.05, 0.1) is 6.54 Å². The third-order valence-electron chi connectivity index (χ3n) is 4.60. The van der Waals surface area contributed by atoms with Gasteiger partial charge in [0.1, 0.15) is 11.4 Å². The zero-order chi connectivity index (χ0) is 17.7. The Morgan fingerprint density at radius 2 is 1.96 bits per heavy atom. The molecule has 1 fully saturated rings. The summed E-state index contributed by atoms with van der Waals surface area (Å²) in [5, 5.41) is 2.92. The highest BCUT2D eigenvalue weighted by Crippen LogP contribution is 2.28. The van der Waals surface area contributed by atoms with E-state index in [0.29, 0.717) is 25.0 Å². The van der Waals surface area contributed by atoms with Crippen molar-refractivity contribution in [2.45, 2.75) is 71.7 Å². The second-order valence-electron chi connectivity index (χ2n) is 7.67. The highest BCUT2D eigenvalue weighted by Gasteiger charge is 2.33. The number of ether oxygens (including phenoxy) is 1. The molecule has 0 spiro atoms. The van der Waals surface area contributed by atoms with Gasteiger partial charge in [0, 0.05) is 31.0 Å². The van der Waals surface area contributed by atoms with Crippen molar-refractivity contribution in [2.24, 2.45) is 5.92 Å².